The quantitative estimate of drug-likeness (QED) is 0.175. The molecule has 44 heavy (non-hydrogen) atoms. The molecule has 0 aromatic carbocycles. The van der Waals surface area contributed by atoms with E-state index < -0.39 is 0 Å². The third kappa shape index (κ3) is 11.5. The highest BCUT2D eigenvalue weighted by Crippen LogP contribution is 2.39. The van der Waals surface area contributed by atoms with Gasteiger partial charge in [0.05, 0.1) is 6.20 Å². The van der Waals surface area contributed by atoms with Crippen LogP contribution in [0, 0.1) is 12.8 Å². The van der Waals surface area contributed by atoms with Gasteiger partial charge in [0.2, 0.25) is 30.2 Å². The molecule has 0 spiro atoms. The highest BCUT2D eigenvalue weighted by Gasteiger charge is 2.26. The summed E-state index contributed by atoms with van der Waals surface area (Å²) in [5.41, 5.74) is 6.74. The lowest BCUT2D eigenvalue weighted by atomic mass is 10.1. The molecule has 5 heterocycles. The van der Waals surface area contributed by atoms with E-state index in [1.54, 1.807) is 0 Å². The minimum Gasteiger partial charge on any atom is -0.370 e. The molecule has 0 radical (unpaired) electrons. The van der Waals surface area contributed by atoms with Crippen molar-refractivity contribution < 1.29 is 9.59 Å². The summed E-state index contributed by atoms with van der Waals surface area (Å²) in [5, 5.41) is 13.1. The number of allylic oxidation sites excluding steroid dienone is 1. The van der Waals surface area contributed by atoms with Crippen LogP contribution in [-0.2, 0) is 9.59 Å². The Hall–Kier alpha value is -5.32. The Morgan fingerprint density at radius 2 is 1.73 bits per heavy atom. The van der Waals surface area contributed by atoms with Crippen LogP contribution in [-0.4, -0.2) is 67.1 Å². The van der Waals surface area contributed by atoms with Gasteiger partial charge >= 0.3 is 0 Å². The fourth-order valence-electron chi connectivity index (χ4n) is 4.29. The van der Waals surface area contributed by atoms with Gasteiger partial charge in [0.25, 0.3) is 0 Å². The molecule has 14 nitrogen and oxygen atoms in total. The standard InChI is InChI=1S/C19H26N8.C5H5N3O.C2H5NO.C2H4.C2H2/c1-13-6-5-11-27(13)19-22-17(20-16-12-15(24-25-16)14-7-8-14)21-18(23-19)26-9-3-2-4-10-26;9-4-8-5-3-6-1-2-7-5;1-2(3)4;2*1-2/h12,14H,1-11H2,(H2,20,21,22,23,24,25);1-4H,(H,7,8,9);1H3,(H2,3,4);1-2H2;1-2H. The zero-order chi connectivity index (χ0) is 32.3. The molecule has 3 fully saturated rings. The van der Waals surface area contributed by atoms with Crippen molar-refractivity contribution in [2.45, 2.75) is 57.8 Å². The first-order valence-corrected chi connectivity index (χ1v) is 14.3. The summed E-state index contributed by atoms with van der Waals surface area (Å²) in [5.74, 6) is 3.52. The van der Waals surface area contributed by atoms with E-state index in [1.807, 2.05) is 0 Å². The number of nitrogens with two attached hydrogens (primary N) is 1. The van der Waals surface area contributed by atoms with Gasteiger partial charge in [-0.15, -0.1) is 26.0 Å². The molecule has 3 aromatic heterocycles. The van der Waals surface area contributed by atoms with E-state index in [2.05, 4.69) is 90.0 Å². The molecule has 0 bridgehead atoms. The second kappa shape index (κ2) is 19.0. The van der Waals surface area contributed by atoms with Crippen LogP contribution in [0.5, 0.6) is 0 Å². The first-order chi connectivity index (χ1) is 21.4. The number of hydrogen-bond acceptors (Lipinski definition) is 11. The number of nitrogens with one attached hydrogen (secondary N) is 3. The maximum atomic E-state index is 9.80. The Kier molecular flexibility index (Phi) is 15.0. The minimum absolute atomic E-state index is 0.333. The van der Waals surface area contributed by atoms with Gasteiger partial charge in [-0.25, -0.2) is 4.98 Å². The molecule has 6 rings (SSSR count). The molecule has 0 atom stereocenters. The Morgan fingerprint density at radius 1 is 1.05 bits per heavy atom. The van der Waals surface area contributed by atoms with Crippen molar-refractivity contribution in [3.8, 4) is 12.8 Å². The monoisotopic (exact) mass is 602 g/mol. The van der Waals surface area contributed by atoms with Crippen LogP contribution in [0.1, 0.15) is 63.5 Å². The average molecular weight is 603 g/mol. The SMILES string of the molecule is C#C.C=C.C=C1CCCN1c1nc(Nc2cc(C3CC3)[nH]n2)nc(N2CCCCC2)n1.CC(N)=O.O=CNc1cnccn1. The Labute approximate surface area is 258 Å². The van der Waals surface area contributed by atoms with Gasteiger partial charge in [-0.3, -0.25) is 19.7 Å². The fraction of sp³-hybridized carbons (Fsp3) is 0.400. The van der Waals surface area contributed by atoms with Crippen LogP contribution in [0.15, 0.2) is 50.1 Å². The third-order valence-corrected chi connectivity index (χ3v) is 6.35. The lowest BCUT2D eigenvalue weighted by molar-refractivity contribution is -0.116. The molecule has 5 N–H and O–H groups in total. The molecule has 1 saturated carbocycles. The molecule has 2 saturated heterocycles. The normalized spacial score (nSPS) is 14.9. The lowest BCUT2D eigenvalue weighted by Crippen LogP contribution is -2.32. The second-order valence-electron chi connectivity index (χ2n) is 9.70. The summed E-state index contributed by atoms with van der Waals surface area (Å²) in [6, 6.07) is 2.07. The van der Waals surface area contributed by atoms with E-state index in [-0.39, 0.29) is 5.91 Å². The van der Waals surface area contributed by atoms with Gasteiger partial charge in [-0.1, -0.05) is 6.58 Å². The topological polar surface area (TPSA) is 184 Å². The predicted molar refractivity (Wildman–Crippen MR) is 173 cm³/mol. The number of amides is 2. The molecule has 234 valence electrons. The molecule has 0 unspecified atom stereocenters. The highest BCUT2D eigenvalue weighted by atomic mass is 16.1. The van der Waals surface area contributed by atoms with Gasteiger partial charge in [-0.2, -0.15) is 20.1 Å². The van der Waals surface area contributed by atoms with Gasteiger partial charge in [0.15, 0.2) is 11.6 Å². The molecule has 1 aliphatic carbocycles. The largest absolute Gasteiger partial charge is 0.370 e. The number of anilines is 5. The summed E-state index contributed by atoms with van der Waals surface area (Å²) < 4.78 is 0. The van der Waals surface area contributed by atoms with Crippen LogP contribution in [0.3, 0.4) is 0 Å². The van der Waals surface area contributed by atoms with Gasteiger partial charge in [0.1, 0.15) is 0 Å². The van der Waals surface area contributed by atoms with E-state index >= 15 is 0 Å². The Balaban J connectivity index is 0.000000330. The number of nitrogens with zero attached hydrogens (tertiary/aromatic N) is 8. The van der Waals surface area contributed by atoms with Crippen molar-refractivity contribution >= 4 is 41.8 Å². The average Bonchev–Trinajstić information content (AvgIpc) is 3.65. The smallest absolute Gasteiger partial charge is 0.236 e. The van der Waals surface area contributed by atoms with Crippen molar-refractivity contribution in [1.29, 1.82) is 0 Å². The van der Waals surface area contributed by atoms with Crippen molar-refractivity contribution in [3.63, 3.8) is 0 Å². The molecule has 2 amide bonds. The Bertz CT molecular complexity index is 1330. The number of aromatic amines is 1. The summed E-state index contributed by atoms with van der Waals surface area (Å²) in [6.45, 7) is 14.4. The highest BCUT2D eigenvalue weighted by molar-refractivity contribution is 5.70. The number of rotatable bonds is 7. The molecule has 3 aliphatic rings. The number of hydrogen-bond donors (Lipinski definition) is 4. The molecular formula is C30H42N12O2. The van der Waals surface area contributed by atoms with Crippen molar-refractivity contribution in [2.75, 3.05) is 40.1 Å². The predicted octanol–water partition coefficient (Wildman–Crippen LogP) is 3.91. The molecule has 14 heteroatoms. The van der Waals surface area contributed by atoms with Crippen molar-refractivity contribution in [1.82, 2.24) is 35.1 Å². The summed E-state index contributed by atoms with van der Waals surface area (Å²) >= 11 is 0. The van der Waals surface area contributed by atoms with Crippen LogP contribution < -0.4 is 26.2 Å². The summed E-state index contributed by atoms with van der Waals surface area (Å²) in [6.07, 6.45) is 21.3. The number of aromatic nitrogens is 7. The summed E-state index contributed by atoms with van der Waals surface area (Å²) in [7, 11) is 0. The van der Waals surface area contributed by atoms with Gasteiger partial charge in [-0.05, 0) is 44.9 Å². The summed E-state index contributed by atoms with van der Waals surface area (Å²) in [4.78, 5) is 45.0. The zero-order valence-corrected chi connectivity index (χ0v) is 25.3. The molecule has 3 aromatic rings. The van der Waals surface area contributed by atoms with Crippen molar-refractivity contribution in [3.05, 3.63) is 55.8 Å². The van der Waals surface area contributed by atoms with Crippen molar-refractivity contribution in [2.24, 2.45) is 5.73 Å². The van der Waals surface area contributed by atoms with E-state index in [0.29, 0.717) is 30.0 Å². The van der Waals surface area contributed by atoms with Gasteiger partial charge < -0.3 is 26.2 Å². The van der Waals surface area contributed by atoms with Gasteiger partial charge in [0, 0.05) is 62.3 Å². The third-order valence-electron chi connectivity index (χ3n) is 6.35. The number of piperidine rings is 1. The van der Waals surface area contributed by atoms with Crippen LogP contribution >= 0.6 is 0 Å². The first-order valence-electron chi connectivity index (χ1n) is 14.3. The minimum atomic E-state index is -0.333. The maximum Gasteiger partial charge on any atom is 0.236 e. The van der Waals surface area contributed by atoms with E-state index in [9.17, 15) is 9.59 Å². The maximum absolute atomic E-state index is 9.80. The number of terminal acetylenes is 1. The number of H-pyrrole nitrogens is 1. The molecule has 2 aliphatic heterocycles. The van der Waals surface area contributed by atoms with E-state index in [4.69, 9.17) is 9.97 Å². The van der Waals surface area contributed by atoms with Crippen LogP contribution in [0.25, 0.3) is 0 Å². The van der Waals surface area contributed by atoms with E-state index in [1.165, 1.54) is 63.3 Å². The lowest BCUT2D eigenvalue weighted by Gasteiger charge is -2.28. The molecular weight excluding hydrogens is 560 g/mol. The second-order valence-corrected chi connectivity index (χ2v) is 9.70. The van der Waals surface area contributed by atoms with Crippen LogP contribution in [0.2, 0.25) is 0 Å². The fourth-order valence-corrected chi connectivity index (χ4v) is 4.29. The van der Waals surface area contributed by atoms with E-state index in [0.717, 1.165) is 49.9 Å². The van der Waals surface area contributed by atoms with Crippen LogP contribution in [0.4, 0.5) is 29.5 Å². The zero-order valence-electron chi connectivity index (χ0n) is 25.3. The number of primary amides is 1. The Morgan fingerprint density at radius 3 is 2.30 bits per heavy atom. The number of carbonyl (C=O) groups is 2. The number of carbonyl (C=O) groups excluding carboxylic acids is 2. The first kappa shape index (κ1) is 34.9.